The number of nitrogens with zero attached hydrogens (tertiary/aromatic N) is 5. The average Bonchev–Trinajstić information content (AvgIpc) is 3.86. The highest BCUT2D eigenvalue weighted by atomic mass is 16.6. The molecule has 1 fully saturated rings. The van der Waals surface area contributed by atoms with Crippen LogP contribution < -0.4 is 4.74 Å². The standard InChI is InChI=1S/C38H45N7O5/c1-8-16-43(35(46)49-37(2,3)4)22-32-39-20-26(41-32)23-11-13-28-31(19-23)48-30-14-12-24(25-15-18-44(28)33(25)30)27-21-40-34(42-27)29-10-9-17-45(29)36(47)50-38(5,6)7/h11-15,18-21,29H,8-10,16-17,22H2,1-7H3,(H,39,41)(H,40,42). The smallest absolute Gasteiger partial charge is 0.410 e. The van der Waals surface area contributed by atoms with Gasteiger partial charge in [0.25, 0.3) is 0 Å². The lowest BCUT2D eigenvalue weighted by Gasteiger charge is -2.27. The Hall–Kier alpha value is -5.26. The molecule has 7 rings (SSSR count). The Labute approximate surface area is 291 Å². The number of carbonyl (C=O) groups excluding carboxylic acids is 2. The van der Waals surface area contributed by atoms with Crippen LogP contribution in [-0.4, -0.2) is 70.8 Å². The molecule has 3 aromatic heterocycles. The summed E-state index contributed by atoms with van der Waals surface area (Å²) in [6.07, 6.45) is 7.54. The van der Waals surface area contributed by atoms with E-state index < -0.39 is 11.2 Å². The monoisotopic (exact) mass is 679 g/mol. The number of amides is 2. The quantitative estimate of drug-likeness (QED) is 0.173. The minimum atomic E-state index is -0.573. The zero-order chi connectivity index (χ0) is 35.4. The molecule has 1 saturated heterocycles. The fraction of sp³-hybridized carbons (Fsp3) is 0.421. The highest BCUT2D eigenvalue weighted by molar-refractivity contribution is 6.00. The van der Waals surface area contributed by atoms with Crippen LogP contribution in [-0.2, 0) is 16.0 Å². The van der Waals surface area contributed by atoms with Crippen LogP contribution in [0, 0.1) is 0 Å². The van der Waals surface area contributed by atoms with Crippen molar-refractivity contribution in [1.29, 1.82) is 0 Å². The van der Waals surface area contributed by atoms with Gasteiger partial charge in [-0.25, -0.2) is 19.6 Å². The Morgan fingerprint density at radius 1 is 0.960 bits per heavy atom. The zero-order valence-electron chi connectivity index (χ0n) is 29.8. The van der Waals surface area contributed by atoms with Gasteiger partial charge in [0, 0.05) is 35.8 Å². The van der Waals surface area contributed by atoms with Crippen LogP contribution in [0.4, 0.5) is 9.59 Å². The molecule has 12 nitrogen and oxygen atoms in total. The SMILES string of the molecule is CCCN(Cc1ncc(-c2ccc3c(c2)Oc2ccc(-c4cnc(C5CCCN5C(=O)OC(C)(C)C)[nH]4)c4ccn-3c24)[nH]1)C(=O)OC(C)(C)C. The van der Waals surface area contributed by atoms with Crippen LogP contribution in [0.25, 0.3) is 39.1 Å². The van der Waals surface area contributed by atoms with E-state index >= 15 is 0 Å². The molecular formula is C38H45N7O5. The van der Waals surface area contributed by atoms with Crippen LogP contribution in [0.3, 0.4) is 0 Å². The molecule has 2 amide bonds. The van der Waals surface area contributed by atoms with Crippen molar-refractivity contribution in [3.63, 3.8) is 0 Å². The van der Waals surface area contributed by atoms with Crippen molar-refractivity contribution in [3.05, 3.63) is 66.6 Å². The molecule has 2 N–H and O–H groups in total. The minimum absolute atomic E-state index is 0.160. The van der Waals surface area contributed by atoms with Gasteiger partial charge in [-0.1, -0.05) is 13.0 Å². The molecule has 0 saturated carbocycles. The van der Waals surface area contributed by atoms with Crippen molar-refractivity contribution in [2.45, 2.75) is 91.5 Å². The number of carbonyl (C=O) groups is 2. The maximum Gasteiger partial charge on any atom is 0.410 e. The van der Waals surface area contributed by atoms with Gasteiger partial charge in [0.05, 0.1) is 47.6 Å². The van der Waals surface area contributed by atoms with Gasteiger partial charge < -0.3 is 33.6 Å². The van der Waals surface area contributed by atoms with E-state index in [-0.39, 0.29) is 18.2 Å². The molecule has 1 atom stereocenters. The molecule has 0 spiro atoms. The van der Waals surface area contributed by atoms with Crippen LogP contribution in [0.2, 0.25) is 0 Å². The molecule has 0 aliphatic carbocycles. The van der Waals surface area contributed by atoms with Gasteiger partial charge in [-0.3, -0.25) is 4.90 Å². The largest absolute Gasteiger partial charge is 0.453 e. The van der Waals surface area contributed by atoms with Crippen LogP contribution in [0.1, 0.15) is 85.4 Å². The van der Waals surface area contributed by atoms with E-state index in [1.165, 1.54) is 0 Å². The maximum atomic E-state index is 12.9. The van der Waals surface area contributed by atoms with E-state index in [4.69, 9.17) is 19.2 Å². The van der Waals surface area contributed by atoms with Gasteiger partial charge >= 0.3 is 12.2 Å². The number of hydrogen-bond donors (Lipinski definition) is 2. The molecular weight excluding hydrogens is 634 g/mol. The van der Waals surface area contributed by atoms with E-state index in [1.54, 1.807) is 16.0 Å². The number of benzene rings is 2. The van der Waals surface area contributed by atoms with Gasteiger partial charge in [-0.15, -0.1) is 0 Å². The zero-order valence-corrected chi connectivity index (χ0v) is 29.8. The number of aromatic amines is 2. The lowest BCUT2D eigenvalue weighted by atomic mass is 10.1. The second-order valence-corrected chi connectivity index (χ2v) is 15.0. The van der Waals surface area contributed by atoms with Crippen molar-refractivity contribution in [2.75, 3.05) is 13.1 Å². The third kappa shape index (κ3) is 6.54. The van der Waals surface area contributed by atoms with E-state index in [0.717, 1.165) is 75.7 Å². The highest BCUT2D eigenvalue weighted by Gasteiger charge is 2.35. The Balaban J connectivity index is 1.12. The Kier molecular flexibility index (Phi) is 8.36. The number of rotatable bonds is 7. The van der Waals surface area contributed by atoms with Crippen LogP contribution >= 0.6 is 0 Å². The van der Waals surface area contributed by atoms with Gasteiger partial charge in [0.2, 0.25) is 0 Å². The highest BCUT2D eigenvalue weighted by Crippen LogP contribution is 2.45. The Bertz CT molecular complexity index is 2060. The summed E-state index contributed by atoms with van der Waals surface area (Å²) in [5.74, 6) is 2.91. The second kappa shape index (κ2) is 12.6. The van der Waals surface area contributed by atoms with Crippen LogP contribution in [0.5, 0.6) is 11.5 Å². The van der Waals surface area contributed by atoms with Gasteiger partial charge in [0.15, 0.2) is 11.5 Å². The molecule has 2 aliphatic heterocycles. The van der Waals surface area contributed by atoms with Gasteiger partial charge in [-0.2, -0.15) is 0 Å². The predicted molar refractivity (Wildman–Crippen MR) is 190 cm³/mol. The maximum absolute atomic E-state index is 12.9. The lowest BCUT2D eigenvalue weighted by molar-refractivity contribution is 0.0212. The molecule has 2 aromatic carbocycles. The fourth-order valence-electron chi connectivity index (χ4n) is 6.66. The summed E-state index contributed by atoms with van der Waals surface area (Å²) >= 11 is 0. The van der Waals surface area contributed by atoms with Crippen molar-refractivity contribution < 1.29 is 23.8 Å². The third-order valence-corrected chi connectivity index (χ3v) is 8.76. The molecule has 50 heavy (non-hydrogen) atoms. The van der Waals surface area contributed by atoms with E-state index in [2.05, 4.69) is 31.8 Å². The summed E-state index contributed by atoms with van der Waals surface area (Å²) in [7, 11) is 0. The Morgan fingerprint density at radius 2 is 1.74 bits per heavy atom. The first kappa shape index (κ1) is 33.2. The number of fused-ring (bicyclic) bond motifs is 2. The molecule has 0 bridgehead atoms. The number of likely N-dealkylation sites (tertiary alicyclic amines) is 1. The minimum Gasteiger partial charge on any atom is -0.453 e. The summed E-state index contributed by atoms with van der Waals surface area (Å²) in [6.45, 7) is 14.8. The number of ether oxygens (including phenoxy) is 3. The summed E-state index contributed by atoms with van der Waals surface area (Å²) < 4.78 is 19.9. The average molecular weight is 680 g/mol. The van der Waals surface area contributed by atoms with Gasteiger partial charge in [0.1, 0.15) is 22.9 Å². The van der Waals surface area contributed by atoms with Crippen molar-refractivity contribution in [3.8, 4) is 39.7 Å². The Morgan fingerprint density at radius 3 is 2.50 bits per heavy atom. The van der Waals surface area contributed by atoms with E-state index in [1.807, 2.05) is 85.0 Å². The number of H-pyrrole nitrogens is 2. The normalized spacial score (nSPS) is 15.6. The molecule has 0 radical (unpaired) electrons. The lowest BCUT2D eigenvalue weighted by Crippen LogP contribution is -2.37. The van der Waals surface area contributed by atoms with E-state index in [9.17, 15) is 9.59 Å². The molecule has 2 aliphatic rings. The number of nitrogens with one attached hydrogen (secondary N) is 2. The number of aromatic nitrogens is 5. The predicted octanol–water partition coefficient (Wildman–Crippen LogP) is 8.74. The summed E-state index contributed by atoms with van der Waals surface area (Å²) in [5.41, 5.74) is 4.39. The topological polar surface area (TPSA) is 131 Å². The van der Waals surface area contributed by atoms with Crippen molar-refractivity contribution in [2.24, 2.45) is 0 Å². The van der Waals surface area contributed by atoms with Gasteiger partial charge in [-0.05, 0) is 91.1 Å². The molecule has 5 heterocycles. The number of imidazole rings is 2. The van der Waals surface area contributed by atoms with E-state index in [0.29, 0.717) is 25.5 Å². The van der Waals surface area contributed by atoms with Crippen molar-refractivity contribution in [1.82, 2.24) is 34.3 Å². The third-order valence-electron chi connectivity index (χ3n) is 8.76. The molecule has 5 aromatic rings. The first-order chi connectivity index (χ1) is 23.8. The summed E-state index contributed by atoms with van der Waals surface area (Å²) in [6, 6.07) is 12.1. The molecule has 262 valence electrons. The summed E-state index contributed by atoms with van der Waals surface area (Å²) in [5, 5.41) is 1.03. The van der Waals surface area contributed by atoms with Crippen molar-refractivity contribution >= 4 is 23.1 Å². The van der Waals surface area contributed by atoms with Crippen LogP contribution in [0.15, 0.2) is 55.0 Å². The fourth-order valence-corrected chi connectivity index (χ4v) is 6.66. The first-order valence-corrected chi connectivity index (χ1v) is 17.3. The molecule has 12 heteroatoms. The summed E-state index contributed by atoms with van der Waals surface area (Å²) in [4.78, 5) is 45.3. The first-order valence-electron chi connectivity index (χ1n) is 17.3. The molecule has 1 unspecified atom stereocenters. The number of hydrogen-bond acceptors (Lipinski definition) is 7. The second-order valence-electron chi connectivity index (χ2n) is 15.0.